The summed E-state index contributed by atoms with van der Waals surface area (Å²) in [5, 5.41) is 2.94. The number of oxazole rings is 1. The summed E-state index contributed by atoms with van der Waals surface area (Å²) < 4.78 is 10.7. The van der Waals surface area contributed by atoms with E-state index in [0.29, 0.717) is 38.5 Å². The van der Waals surface area contributed by atoms with Crippen LogP contribution in [0.3, 0.4) is 0 Å². The minimum atomic E-state index is -0.520. The van der Waals surface area contributed by atoms with Gasteiger partial charge in [0.25, 0.3) is 0 Å². The van der Waals surface area contributed by atoms with Gasteiger partial charge in [-0.15, -0.1) is 0 Å². The Morgan fingerprint density at radius 3 is 2.79 bits per heavy atom. The van der Waals surface area contributed by atoms with Gasteiger partial charge in [-0.3, -0.25) is 4.79 Å². The van der Waals surface area contributed by atoms with Crippen molar-refractivity contribution in [3.8, 4) is 0 Å². The Morgan fingerprint density at radius 2 is 2.26 bits per heavy atom. The first-order valence-corrected chi connectivity index (χ1v) is 6.58. The average molecular weight is 267 g/mol. The van der Waals surface area contributed by atoms with Gasteiger partial charge in [-0.05, 0) is 26.7 Å². The van der Waals surface area contributed by atoms with Gasteiger partial charge in [0.15, 0.2) is 0 Å². The van der Waals surface area contributed by atoms with Gasteiger partial charge in [0.2, 0.25) is 11.8 Å². The minimum absolute atomic E-state index is 0.0401. The molecule has 0 bridgehead atoms. The summed E-state index contributed by atoms with van der Waals surface area (Å²) in [6.07, 6.45) is 2.96. The van der Waals surface area contributed by atoms with E-state index < -0.39 is 5.41 Å². The number of carbonyl (C=O) groups excluding carboxylic acids is 1. The van der Waals surface area contributed by atoms with Gasteiger partial charge in [0.1, 0.15) is 11.8 Å². The third-order valence-corrected chi connectivity index (χ3v) is 3.68. The second kappa shape index (κ2) is 5.71. The van der Waals surface area contributed by atoms with E-state index in [1.54, 1.807) is 6.20 Å². The highest BCUT2D eigenvalue weighted by Gasteiger charge is 2.39. The van der Waals surface area contributed by atoms with Gasteiger partial charge >= 0.3 is 0 Å². The van der Waals surface area contributed by atoms with Gasteiger partial charge in [0, 0.05) is 19.8 Å². The lowest BCUT2D eigenvalue weighted by Gasteiger charge is -2.35. The fourth-order valence-corrected chi connectivity index (χ4v) is 2.27. The molecule has 19 heavy (non-hydrogen) atoms. The maximum Gasteiger partial charge on any atom is 0.228 e. The lowest BCUT2D eigenvalue weighted by molar-refractivity contribution is -0.136. The first-order valence-electron chi connectivity index (χ1n) is 6.58. The topological polar surface area (TPSA) is 90.4 Å². The average Bonchev–Trinajstić information content (AvgIpc) is 2.86. The standard InChI is InChI=1S/C13H21N3O3/c1-9-7-15-11(19-9)10(2)16-12(17)13(8-14)3-5-18-6-4-13/h7,10H,3-6,8,14H2,1-2H3,(H,16,17). The third kappa shape index (κ3) is 2.96. The molecule has 1 aromatic rings. The van der Waals surface area contributed by atoms with E-state index >= 15 is 0 Å². The molecule has 1 unspecified atom stereocenters. The zero-order valence-corrected chi connectivity index (χ0v) is 11.4. The van der Waals surface area contributed by atoms with Crippen LogP contribution in [-0.4, -0.2) is 30.6 Å². The van der Waals surface area contributed by atoms with Crippen LogP contribution in [0, 0.1) is 12.3 Å². The van der Waals surface area contributed by atoms with Gasteiger partial charge in [-0.2, -0.15) is 0 Å². The van der Waals surface area contributed by atoms with Crippen LogP contribution in [0.15, 0.2) is 10.6 Å². The Balaban J connectivity index is 2.03. The summed E-state index contributed by atoms with van der Waals surface area (Å²) in [4.78, 5) is 16.6. The number of carbonyl (C=O) groups is 1. The SMILES string of the molecule is Cc1cnc(C(C)NC(=O)C2(CN)CCOCC2)o1. The van der Waals surface area contributed by atoms with Crippen LogP contribution in [0.4, 0.5) is 0 Å². The van der Waals surface area contributed by atoms with Crippen LogP contribution in [-0.2, 0) is 9.53 Å². The Morgan fingerprint density at radius 1 is 1.58 bits per heavy atom. The quantitative estimate of drug-likeness (QED) is 0.846. The Hall–Kier alpha value is -1.40. The van der Waals surface area contributed by atoms with E-state index in [4.69, 9.17) is 14.9 Å². The lowest BCUT2D eigenvalue weighted by atomic mass is 9.79. The van der Waals surface area contributed by atoms with Crippen molar-refractivity contribution in [3.05, 3.63) is 17.8 Å². The van der Waals surface area contributed by atoms with Crippen molar-refractivity contribution in [1.29, 1.82) is 0 Å². The Bertz CT molecular complexity index is 438. The van der Waals surface area contributed by atoms with Crippen LogP contribution in [0.5, 0.6) is 0 Å². The predicted octanol–water partition coefficient (Wildman–Crippen LogP) is 0.916. The second-order valence-corrected chi connectivity index (χ2v) is 5.10. The molecule has 0 saturated carbocycles. The zero-order chi connectivity index (χ0) is 13.9. The first-order chi connectivity index (χ1) is 9.07. The minimum Gasteiger partial charge on any atom is -0.444 e. The fourth-order valence-electron chi connectivity index (χ4n) is 2.27. The van der Waals surface area contributed by atoms with Crippen molar-refractivity contribution < 1.29 is 13.9 Å². The normalized spacial score (nSPS) is 19.9. The number of nitrogens with zero attached hydrogens (tertiary/aromatic N) is 1. The number of aromatic nitrogens is 1. The maximum absolute atomic E-state index is 12.4. The predicted molar refractivity (Wildman–Crippen MR) is 69.3 cm³/mol. The molecule has 6 heteroatoms. The van der Waals surface area contributed by atoms with Crippen LogP contribution in [0.1, 0.15) is 37.5 Å². The number of rotatable bonds is 4. The van der Waals surface area contributed by atoms with E-state index in [0.717, 1.165) is 5.76 Å². The fraction of sp³-hybridized carbons (Fsp3) is 0.692. The van der Waals surface area contributed by atoms with E-state index in [-0.39, 0.29) is 11.9 Å². The van der Waals surface area contributed by atoms with Gasteiger partial charge in [-0.25, -0.2) is 4.98 Å². The third-order valence-electron chi connectivity index (χ3n) is 3.68. The molecule has 1 aliphatic rings. The Labute approximate surface area is 112 Å². The number of nitrogens with two attached hydrogens (primary N) is 1. The van der Waals surface area contributed by atoms with Gasteiger partial charge in [0.05, 0.1) is 11.6 Å². The van der Waals surface area contributed by atoms with Crippen LogP contribution in [0.2, 0.25) is 0 Å². The summed E-state index contributed by atoms with van der Waals surface area (Å²) >= 11 is 0. The summed E-state index contributed by atoms with van der Waals surface area (Å²) in [5.41, 5.74) is 5.28. The van der Waals surface area contributed by atoms with Crippen molar-refractivity contribution in [2.45, 2.75) is 32.7 Å². The van der Waals surface area contributed by atoms with Crippen LogP contribution < -0.4 is 11.1 Å². The van der Waals surface area contributed by atoms with Gasteiger partial charge < -0.3 is 20.2 Å². The highest BCUT2D eigenvalue weighted by molar-refractivity contribution is 5.83. The molecule has 106 valence electrons. The molecule has 1 aromatic heterocycles. The molecule has 1 amide bonds. The summed E-state index contributed by atoms with van der Waals surface area (Å²) in [6.45, 7) is 5.17. The maximum atomic E-state index is 12.4. The molecule has 1 atom stereocenters. The smallest absolute Gasteiger partial charge is 0.228 e. The molecule has 1 fully saturated rings. The number of hydrogen-bond donors (Lipinski definition) is 2. The van der Waals surface area contributed by atoms with Crippen molar-refractivity contribution in [3.63, 3.8) is 0 Å². The number of amides is 1. The molecule has 6 nitrogen and oxygen atoms in total. The van der Waals surface area contributed by atoms with Crippen molar-refractivity contribution in [2.24, 2.45) is 11.1 Å². The summed E-state index contributed by atoms with van der Waals surface area (Å²) in [5.74, 6) is 1.21. The number of hydrogen-bond acceptors (Lipinski definition) is 5. The highest BCUT2D eigenvalue weighted by Crippen LogP contribution is 2.30. The van der Waals surface area contributed by atoms with Crippen LogP contribution in [0.25, 0.3) is 0 Å². The van der Waals surface area contributed by atoms with Crippen LogP contribution >= 0.6 is 0 Å². The van der Waals surface area contributed by atoms with E-state index in [2.05, 4.69) is 10.3 Å². The monoisotopic (exact) mass is 267 g/mol. The molecule has 0 spiro atoms. The molecular weight excluding hydrogens is 246 g/mol. The zero-order valence-electron chi connectivity index (χ0n) is 11.4. The molecule has 0 radical (unpaired) electrons. The molecule has 2 rings (SSSR count). The van der Waals surface area contributed by atoms with E-state index in [9.17, 15) is 4.79 Å². The van der Waals surface area contributed by atoms with E-state index in [1.807, 2.05) is 13.8 Å². The number of ether oxygens (including phenoxy) is 1. The molecule has 1 saturated heterocycles. The molecular formula is C13H21N3O3. The van der Waals surface area contributed by atoms with Crippen molar-refractivity contribution in [2.75, 3.05) is 19.8 Å². The number of nitrogens with one attached hydrogen (secondary N) is 1. The summed E-state index contributed by atoms with van der Waals surface area (Å²) in [6, 6.07) is -0.257. The first kappa shape index (κ1) is 14.0. The summed E-state index contributed by atoms with van der Waals surface area (Å²) in [7, 11) is 0. The van der Waals surface area contributed by atoms with Crippen molar-refractivity contribution in [1.82, 2.24) is 10.3 Å². The van der Waals surface area contributed by atoms with Gasteiger partial charge in [-0.1, -0.05) is 0 Å². The second-order valence-electron chi connectivity index (χ2n) is 5.10. The largest absolute Gasteiger partial charge is 0.444 e. The lowest BCUT2D eigenvalue weighted by Crippen LogP contribution is -2.49. The van der Waals surface area contributed by atoms with Crippen molar-refractivity contribution >= 4 is 5.91 Å². The molecule has 0 aliphatic carbocycles. The highest BCUT2D eigenvalue weighted by atomic mass is 16.5. The Kier molecular flexibility index (Phi) is 4.21. The molecule has 0 aromatic carbocycles. The van der Waals surface area contributed by atoms with E-state index in [1.165, 1.54) is 0 Å². The molecule has 1 aliphatic heterocycles. The molecule has 2 heterocycles. The number of aryl methyl sites for hydroxylation is 1. The molecule has 3 N–H and O–H groups in total.